The Morgan fingerprint density at radius 2 is 1.88 bits per heavy atom. The van der Waals surface area contributed by atoms with Crippen molar-refractivity contribution in [1.82, 2.24) is 9.88 Å². The first-order valence-corrected chi connectivity index (χ1v) is 11.2. The summed E-state index contributed by atoms with van der Waals surface area (Å²) in [7, 11) is 5.69. The predicted molar refractivity (Wildman–Crippen MR) is 128 cm³/mol. The van der Waals surface area contributed by atoms with Crippen molar-refractivity contribution in [1.29, 1.82) is 0 Å². The summed E-state index contributed by atoms with van der Waals surface area (Å²) in [4.78, 5) is 32.5. The van der Waals surface area contributed by atoms with E-state index in [1.54, 1.807) is 37.4 Å². The molecule has 0 radical (unpaired) electrons. The van der Waals surface area contributed by atoms with Crippen LogP contribution in [0.4, 0.5) is 11.5 Å². The van der Waals surface area contributed by atoms with Crippen LogP contribution in [0.3, 0.4) is 0 Å². The minimum absolute atomic E-state index is 0.00494. The number of pyridine rings is 1. The first-order chi connectivity index (χ1) is 15.9. The zero-order valence-electron chi connectivity index (χ0n) is 18.9. The van der Waals surface area contributed by atoms with E-state index in [9.17, 15) is 9.59 Å². The fraction of sp³-hybridized carbons (Fsp3) is 0.375. The highest BCUT2D eigenvalue weighted by atomic mass is 35.5. The molecular weight excluding hydrogens is 444 g/mol. The molecule has 1 fully saturated rings. The lowest BCUT2D eigenvalue weighted by Gasteiger charge is -2.31. The molecule has 3 aromatic rings. The summed E-state index contributed by atoms with van der Waals surface area (Å²) >= 11 is 5.87. The monoisotopic (exact) mass is 470 g/mol. The van der Waals surface area contributed by atoms with Crippen LogP contribution in [0.15, 0.2) is 40.9 Å². The van der Waals surface area contributed by atoms with Crippen LogP contribution in [0.25, 0.3) is 11.0 Å². The molecule has 33 heavy (non-hydrogen) atoms. The lowest BCUT2D eigenvalue weighted by Crippen LogP contribution is -2.35. The molecule has 8 nitrogen and oxygen atoms in total. The summed E-state index contributed by atoms with van der Waals surface area (Å²) in [5.74, 6) is 0.164. The Morgan fingerprint density at radius 3 is 2.52 bits per heavy atom. The molecule has 1 aliphatic carbocycles. The fourth-order valence-electron chi connectivity index (χ4n) is 4.19. The fourth-order valence-corrected chi connectivity index (χ4v) is 4.30. The number of carbonyl (C=O) groups is 2. The van der Waals surface area contributed by atoms with Crippen molar-refractivity contribution in [2.24, 2.45) is 5.92 Å². The van der Waals surface area contributed by atoms with Gasteiger partial charge >= 0.3 is 0 Å². The van der Waals surface area contributed by atoms with Crippen molar-refractivity contribution < 1.29 is 18.7 Å². The molecule has 1 saturated carbocycles. The second-order valence-corrected chi connectivity index (χ2v) is 8.88. The summed E-state index contributed by atoms with van der Waals surface area (Å²) in [6, 6.07) is 8.90. The van der Waals surface area contributed by atoms with E-state index in [4.69, 9.17) is 20.8 Å². The first-order valence-electron chi connectivity index (χ1n) is 10.9. The summed E-state index contributed by atoms with van der Waals surface area (Å²) < 4.78 is 11.2. The zero-order valence-corrected chi connectivity index (χ0v) is 19.6. The minimum atomic E-state index is -0.522. The van der Waals surface area contributed by atoms with E-state index in [-0.39, 0.29) is 17.6 Å². The number of nitrogens with zero attached hydrogens (tertiary/aromatic N) is 2. The number of carbonyl (C=O) groups excluding carboxylic acids is 2. The zero-order chi connectivity index (χ0) is 23.5. The van der Waals surface area contributed by atoms with Crippen molar-refractivity contribution in [2.75, 3.05) is 31.8 Å². The second kappa shape index (κ2) is 9.80. The molecule has 1 aliphatic rings. The van der Waals surface area contributed by atoms with Crippen molar-refractivity contribution in [3.05, 3.63) is 47.3 Å². The van der Waals surface area contributed by atoms with Crippen molar-refractivity contribution >= 4 is 45.9 Å². The van der Waals surface area contributed by atoms with Gasteiger partial charge in [0.1, 0.15) is 22.8 Å². The minimum Gasteiger partial charge on any atom is -0.497 e. The third-order valence-corrected chi connectivity index (χ3v) is 6.34. The van der Waals surface area contributed by atoms with Crippen LogP contribution >= 0.6 is 11.6 Å². The maximum absolute atomic E-state index is 13.2. The highest BCUT2D eigenvalue weighted by Crippen LogP contribution is 2.35. The molecule has 2 aromatic heterocycles. The van der Waals surface area contributed by atoms with Gasteiger partial charge in [0.15, 0.2) is 0 Å². The summed E-state index contributed by atoms with van der Waals surface area (Å²) in [6.07, 6.45) is 4.95. The molecule has 2 N–H and O–H groups in total. The normalized spacial score (nSPS) is 18.3. The highest BCUT2D eigenvalue weighted by Gasteiger charge is 2.30. The Morgan fingerprint density at radius 1 is 1.12 bits per heavy atom. The average molecular weight is 471 g/mol. The quantitative estimate of drug-likeness (QED) is 0.537. The lowest BCUT2D eigenvalue weighted by atomic mass is 9.85. The van der Waals surface area contributed by atoms with Gasteiger partial charge in [0.25, 0.3) is 5.91 Å². The SMILES string of the molecule is COc1ccc2oc(C(=O)Nc3ccc(Cl)cn3)c(NC(=O)C3CCC(N(C)C)CC3)c2c1. The molecular formula is C24H27ClN4O4. The number of methoxy groups -OCH3 is 1. The number of amides is 2. The summed E-state index contributed by atoms with van der Waals surface area (Å²) in [5, 5.41) is 6.72. The van der Waals surface area contributed by atoms with Gasteiger partial charge in [-0.3, -0.25) is 9.59 Å². The summed E-state index contributed by atoms with van der Waals surface area (Å²) in [5.41, 5.74) is 0.798. The molecule has 0 saturated heterocycles. The topological polar surface area (TPSA) is 96.7 Å². The number of halogens is 1. The Hall–Kier alpha value is -3.10. The maximum Gasteiger partial charge on any atom is 0.294 e. The molecule has 9 heteroatoms. The van der Waals surface area contributed by atoms with Crippen LogP contribution in [0, 0.1) is 5.92 Å². The second-order valence-electron chi connectivity index (χ2n) is 8.44. The standard InChI is InChI=1S/C24H27ClN4O4/c1-29(2)16-7-4-14(5-8-16)23(30)28-21-18-12-17(32-3)9-10-19(18)33-22(21)24(31)27-20-11-6-15(25)13-26-20/h6,9-14,16H,4-5,7-8H2,1-3H3,(H,28,30)(H,26,27,31). The van der Waals surface area contributed by atoms with E-state index < -0.39 is 5.91 Å². The van der Waals surface area contributed by atoms with Gasteiger partial charge in [-0.2, -0.15) is 0 Å². The lowest BCUT2D eigenvalue weighted by molar-refractivity contribution is -0.121. The highest BCUT2D eigenvalue weighted by molar-refractivity contribution is 6.30. The molecule has 2 amide bonds. The van der Waals surface area contributed by atoms with Gasteiger partial charge in [-0.1, -0.05) is 11.6 Å². The van der Waals surface area contributed by atoms with Gasteiger partial charge < -0.3 is 24.7 Å². The molecule has 0 aliphatic heterocycles. The van der Waals surface area contributed by atoms with Crippen LogP contribution in [-0.4, -0.2) is 48.9 Å². The number of rotatable bonds is 6. The Kier molecular flexibility index (Phi) is 6.85. The summed E-state index contributed by atoms with van der Waals surface area (Å²) in [6.45, 7) is 0. The number of fused-ring (bicyclic) bond motifs is 1. The Bertz CT molecular complexity index is 1150. The number of aromatic nitrogens is 1. The number of nitrogens with one attached hydrogen (secondary N) is 2. The van der Waals surface area contributed by atoms with Gasteiger partial charge in [0.2, 0.25) is 11.7 Å². The van der Waals surface area contributed by atoms with E-state index in [0.717, 1.165) is 25.7 Å². The Balaban J connectivity index is 1.61. The van der Waals surface area contributed by atoms with Gasteiger partial charge in [-0.25, -0.2) is 4.98 Å². The number of hydrogen-bond donors (Lipinski definition) is 2. The van der Waals surface area contributed by atoms with Crippen LogP contribution < -0.4 is 15.4 Å². The van der Waals surface area contributed by atoms with E-state index in [1.807, 2.05) is 0 Å². The number of ether oxygens (including phenoxy) is 1. The van der Waals surface area contributed by atoms with E-state index in [0.29, 0.717) is 39.3 Å². The predicted octanol–water partition coefficient (Wildman–Crippen LogP) is 4.80. The molecule has 0 atom stereocenters. The van der Waals surface area contributed by atoms with Crippen LogP contribution in [0.1, 0.15) is 36.2 Å². The van der Waals surface area contributed by atoms with Gasteiger partial charge in [0.05, 0.1) is 12.1 Å². The van der Waals surface area contributed by atoms with Gasteiger partial charge in [-0.05, 0) is 70.1 Å². The van der Waals surface area contributed by atoms with Gasteiger partial charge in [-0.15, -0.1) is 0 Å². The first kappa shape index (κ1) is 23.1. The third kappa shape index (κ3) is 5.12. The number of hydrogen-bond acceptors (Lipinski definition) is 6. The Labute approximate surface area is 197 Å². The van der Waals surface area contributed by atoms with Crippen LogP contribution in [0.2, 0.25) is 5.02 Å². The van der Waals surface area contributed by atoms with E-state index in [1.165, 1.54) is 6.20 Å². The number of benzene rings is 1. The maximum atomic E-state index is 13.2. The van der Waals surface area contributed by atoms with Crippen molar-refractivity contribution in [3.63, 3.8) is 0 Å². The average Bonchev–Trinajstić information content (AvgIpc) is 3.18. The number of furan rings is 1. The van der Waals surface area contributed by atoms with Crippen molar-refractivity contribution in [3.8, 4) is 5.75 Å². The molecule has 174 valence electrons. The van der Waals surface area contributed by atoms with E-state index >= 15 is 0 Å². The van der Waals surface area contributed by atoms with Gasteiger partial charge in [0, 0.05) is 23.5 Å². The smallest absolute Gasteiger partial charge is 0.294 e. The third-order valence-electron chi connectivity index (χ3n) is 6.12. The largest absolute Gasteiger partial charge is 0.497 e. The molecule has 1 aromatic carbocycles. The molecule has 0 spiro atoms. The van der Waals surface area contributed by atoms with E-state index in [2.05, 4.69) is 34.6 Å². The molecule has 2 heterocycles. The van der Waals surface area contributed by atoms with Crippen LogP contribution in [0.5, 0.6) is 5.75 Å². The van der Waals surface area contributed by atoms with Crippen LogP contribution in [-0.2, 0) is 4.79 Å². The number of anilines is 2. The molecule has 0 unspecified atom stereocenters. The van der Waals surface area contributed by atoms with Crippen molar-refractivity contribution in [2.45, 2.75) is 31.7 Å². The molecule has 0 bridgehead atoms. The molecule has 4 rings (SSSR count).